The first-order chi connectivity index (χ1) is 7.19. The Morgan fingerprint density at radius 1 is 1.53 bits per heavy atom. The molecule has 0 amide bonds. The second kappa shape index (κ2) is 5.35. The van der Waals surface area contributed by atoms with Gasteiger partial charge in [0.15, 0.2) is 0 Å². The van der Waals surface area contributed by atoms with E-state index in [4.69, 9.17) is 10.4 Å². The minimum Gasteiger partial charge on any atom is -0.394 e. The molecule has 1 rings (SSSR count). The van der Waals surface area contributed by atoms with Gasteiger partial charge in [0.1, 0.15) is 6.07 Å². The highest BCUT2D eigenvalue weighted by Crippen LogP contribution is 2.19. The number of hydrogen-bond acceptors (Lipinski definition) is 4. The first-order valence-electron chi connectivity index (χ1n) is 4.71. The van der Waals surface area contributed by atoms with Crippen LogP contribution in [0.3, 0.4) is 0 Å². The van der Waals surface area contributed by atoms with Crippen molar-refractivity contribution >= 4 is 5.69 Å². The quantitative estimate of drug-likeness (QED) is 0.675. The second-order valence-corrected chi connectivity index (χ2v) is 3.33. The van der Waals surface area contributed by atoms with Crippen molar-refractivity contribution in [3.8, 4) is 6.07 Å². The molecule has 0 aromatic heterocycles. The van der Waals surface area contributed by atoms with Crippen LogP contribution in [-0.4, -0.2) is 29.5 Å². The lowest BCUT2D eigenvalue weighted by Gasteiger charge is -2.13. The Hall–Kier alpha value is -1.57. The third-order valence-corrected chi connectivity index (χ3v) is 2.12. The van der Waals surface area contributed by atoms with Crippen LogP contribution in [-0.2, 0) is 0 Å². The van der Waals surface area contributed by atoms with Gasteiger partial charge < -0.3 is 15.5 Å². The number of nitrogens with zero attached hydrogens (tertiary/aromatic N) is 1. The minimum atomic E-state index is -0.809. The molecular weight excluding hydrogens is 192 g/mol. The van der Waals surface area contributed by atoms with Crippen LogP contribution in [0, 0.1) is 18.3 Å². The zero-order chi connectivity index (χ0) is 11.3. The Bertz CT molecular complexity index is 371. The molecule has 0 aliphatic carbocycles. The number of hydrogen-bond donors (Lipinski definition) is 3. The number of aliphatic hydroxyl groups excluding tert-OH is 2. The van der Waals surface area contributed by atoms with Crippen molar-refractivity contribution < 1.29 is 10.2 Å². The second-order valence-electron chi connectivity index (χ2n) is 3.33. The molecule has 4 heteroatoms. The summed E-state index contributed by atoms with van der Waals surface area (Å²) in [7, 11) is 0. The van der Waals surface area contributed by atoms with Crippen molar-refractivity contribution in [3.05, 3.63) is 29.3 Å². The Kier molecular flexibility index (Phi) is 4.10. The largest absolute Gasteiger partial charge is 0.394 e. The number of aliphatic hydroxyl groups is 2. The van der Waals surface area contributed by atoms with Crippen LogP contribution in [0.5, 0.6) is 0 Å². The van der Waals surface area contributed by atoms with Crippen molar-refractivity contribution in [2.24, 2.45) is 0 Å². The molecule has 0 bridgehead atoms. The molecular formula is C11H14N2O2. The Morgan fingerprint density at radius 2 is 2.27 bits per heavy atom. The SMILES string of the molecule is Cc1cccc(C#N)c1NC[C@H](O)CO. The lowest BCUT2D eigenvalue weighted by Crippen LogP contribution is -2.23. The Balaban J connectivity index is 2.80. The third-order valence-electron chi connectivity index (χ3n) is 2.12. The van der Waals surface area contributed by atoms with E-state index in [0.29, 0.717) is 11.3 Å². The predicted octanol–water partition coefficient (Wildman–Crippen LogP) is 0.632. The van der Waals surface area contributed by atoms with Crippen LogP contribution in [0.1, 0.15) is 11.1 Å². The van der Waals surface area contributed by atoms with Crippen LogP contribution in [0.25, 0.3) is 0 Å². The molecule has 1 atom stereocenters. The van der Waals surface area contributed by atoms with Crippen LogP contribution in [0.4, 0.5) is 5.69 Å². The van der Waals surface area contributed by atoms with Gasteiger partial charge in [-0.3, -0.25) is 0 Å². The fourth-order valence-electron chi connectivity index (χ4n) is 1.28. The average Bonchev–Trinajstić information content (AvgIpc) is 2.26. The third kappa shape index (κ3) is 2.94. The van der Waals surface area contributed by atoms with E-state index in [1.807, 2.05) is 19.1 Å². The van der Waals surface area contributed by atoms with E-state index in [0.717, 1.165) is 5.56 Å². The number of para-hydroxylation sites is 1. The van der Waals surface area contributed by atoms with Crippen LogP contribution in [0.2, 0.25) is 0 Å². The smallest absolute Gasteiger partial charge is 0.101 e. The van der Waals surface area contributed by atoms with Crippen molar-refractivity contribution in [2.75, 3.05) is 18.5 Å². The first-order valence-corrected chi connectivity index (χ1v) is 4.71. The van der Waals surface area contributed by atoms with Gasteiger partial charge in [-0.15, -0.1) is 0 Å². The van der Waals surface area contributed by atoms with Crippen LogP contribution < -0.4 is 5.32 Å². The molecule has 0 saturated heterocycles. The number of rotatable bonds is 4. The van der Waals surface area contributed by atoms with Crippen molar-refractivity contribution in [1.29, 1.82) is 5.26 Å². The minimum absolute atomic E-state index is 0.232. The van der Waals surface area contributed by atoms with Gasteiger partial charge in [0, 0.05) is 6.54 Å². The van der Waals surface area contributed by atoms with Gasteiger partial charge in [-0.1, -0.05) is 12.1 Å². The molecule has 0 heterocycles. The molecule has 15 heavy (non-hydrogen) atoms. The van der Waals surface area contributed by atoms with Crippen molar-refractivity contribution in [2.45, 2.75) is 13.0 Å². The zero-order valence-corrected chi connectivity index (χ0v) is 8.57. The maximum Gasteiger partial charge on any atom is 0.101 e. The number of benzene rings is 1. The van der Waals surface area contributed by atoms with Crippen molar-refractivity contribution in [1.82, 2.24) is 0 Å². The summed E-state index contributed by atoms with van der Waals surface area (Å²) in [5.74, 6) is 0. The lowest BCUT2D eigenvalue weighted by atomic mass is 10.1. The number of aryl methyl sites for hydroxylation is 1. The molecule has 0 aliphatic rings. The molecule has 0 spiro atoms. The van der Waals surface area contributed by atoms with Gasteiger partial charge in [0.2, 0.25) is 0 Å². The molecule has 0 aliphatic heterocycles. The van der Waals surface area contributed by atoms with Gasteiger partial charge in [-0.25, -0.2) is 0 Å². The van der Waals surface area contributed by atoms with E-state index in [1.165, 1.54) is 0 Å². The number of nitriles is 1. The average molecular weight is 206 g/mol. The summed E-state index contributed by atoms with van der Waals surface area (Å²) in [5, 5.41) is 29.6. The fraction of sp³-hybridized carbons (Fsp3) is 0.364. The maximum atomic E-state index is 9.18. The van der Waals surface area contributed by atoms with Crippen LogP contribution >= 0.6 is 0 Å². The van der Waals surface area contributed by atoms with E-state index in [1.54, 1.807) is 6.07 Å². The standard InChI is InChI=1S/C11H14N2O2/c1-8-3-2-4-9(5-12)11(8)13-6-10(15)7-14/h2-4,10,13-15H,6-7H2,1H3/t10-/m0/s1. The van der Waals surface area contributed by atoms with Gasteiger partial charge in [-0.05, 0) is 18.6 Å². The number of nitrogens with one attached hydrogen (secondary N) is 1. The topological polar surface area (TPSA) is 76.3 Å². The summed E-state index contributed by atoms with van der Waals surface area (Å²) in [6.45, 7) is 1.82. The predicted molar refractivity (Wildman–Crippen MR) is 57.5 cm³/mol. The Labute approximate surface area is 88.8 Å². The van der Waals surface area contributed by atoms with Gasteiger partial charge in [0.05, 0.1) is 24.0 Å². The van der Waals surface area contributed by atoms with Gasteiger partial charge >= 0.3 is 0 Å². The summed E-state index contributed by atoms with van der Waals surface area (Å²) < 4.78 is 0. The first kappa shape index (κ1) is 11.5. The summed E-state index contributed by atoms with van der Waals surface area (Å²) in [4.78, 5) is 0. The summed E-state index contributed by atoms with van der Waals surface area (Å²) in [6.07, 6.45) is -0.809. The summed E-state index contributed by atoms with van der Waals surface area (Å²) in [6, 6.07) is 7.47. The van der Waals surface area contributed by atoms with E-state index < -0.39 is 6.10 Å². The Morgan fingerprint density at radius 3 is 2.87 bits per heavy atom. The summed E-state index contributed by atoms with van der Waals surface area (Å²) >= 11 is 0. The molecule has 1 aromatic carbocycles. The van der Waals surface area contributed by atoms with E-state index in [9.17, 15) is 5.11 Å². The zero-order valence-electron chi connectivity index (χ0n) is 8.57. The van der Waals surface area contributed by atoms with E-state index >= 15 is 0 Å². The molecule has 0 unspecified atom stereocenters. The van der Waals surface area contributed by atoms with Crippen LogP contribution in [0.15, 0.2) is 18.2 Å². The van der Waals surface area contributed by atoms with Gasteiger partial charge in [-0.2, -0.15) is 5.26 Å². The van der Waals surface area contributed by atoms with E-state index in [2.05, 4.69) is 11.4 Å². The lowest BCUT2D eigenvalue weighted by molar-refractivity contribution is 0.105. The molecule has 0 fully saturated rings. The van der Waals surface area contributed by atoms with Crippen molar-refractivity contribution in [3.63, 3.8) is 0 Å². The monoisotopic (exact) mass is 206 g/mol. The molecule has 3 N–H and O–H groups in total. The van der Waals surface area contributed by atoms with Gasteiger partial charge in [0.25, 0.3) is 0 Å². The molecule has 1 aromatic rings. The molecule has 0 radical (unpaired) electrons. The molecule has 4 nitrogen and oxygen atoms in total. The molecule has 0 saturated carbocycles. The molecule has 80 valence electrons. The summed E-state index contributed by atoms with van der Waals surface area (Å²) in [5.41, 5.74) is 2.20. The highest BCUT2D eigenvalue weighted by molar-refractivity contribution is 5.62. The highest BCUT2D eigenvalue weighted by Gasteiger charge is 2.06. The normalized spacial score (nSPS) is 11.9. The highest BCUT2D eigenvalue weighted by atomic mass is 16.3. The fourth-order valence-corrected chi connectivity index (χ4v) is 1.28. The number of anilines is 1. The maximum absolute atomic E-state index is 9.18. The van der Waals surface area contributed by atoms with E-state index in [-0.39, 0.29) is 13.2 Å².